The summed E-state index contributed by atoms with van der Waals surface area (Å²) in [6.45, 7) is 0. The van der Waals surface area contributed by atoms with Crippen molar-refractivity contribution in [1.82, 2.24) is 0 Å². The van der Waals surface area contributed by atoms with Crippen LogP contribution in [0.1, 0.15) is 17.2 Å². The van der Waals surface area contributed by atoms with Crippen molar-refractivity contribution in [2.45, 2.75) is 11.9 Å². The molecule has 0 fully saturated rings. The van der Waals surface area contributed by atoms with Crippen LogP contribution in [0.3, 0.4) is 0 Å². The Hall–Kier alpha value is -3.04. The molecule has 2 aliphatic rings. The normalized spacial score (nSPS) is 23.0. The predicted molar refractivity (Wildman–Crippen MR) is 94.2 cm³/mol. The molecule has 25 heavy (non-hydrogen) atoms. The summed E-state index contributed by atoms with van der Waals surface area (Å²) in [5.41, 5.74) is 2.12. The second kappa shape index (κ2) is 5.50. The first kappa shape index (κ1) is 14.3. The van der Waals surface area contributed by atoms with Gasteiger partial charge in [0.2, 0.25) is 0 Å². The maximum atomic E-state index is 6.35. The van der Waals surface area contributed by atoms with E-state index in [9.17, 15) is 0 Å². The second-order valence-electron chi connectivity index (χ2n) is 6.10. The van der Waals surface area contributed by atoms with Crippen LogP contribution < -0.4 is 9.47 Å². The Balaban J connectivity index is 1.59. The summed E-state index contributed by atoms with van der Waals surface area (Å²) in [4.78, 5) is 0. The lowest BCUT2D eigenvalue weighted by molar-refractivity contribution is -0.163. The average molecular weight is 328 g/mol. The molecule has 3 aromatic carbocycles. The van der Waals surface area contributed by atoms with Gasteiger partial charge in [0.25, 0.3) is 5.79 Å². The molecule has 3 heteroatoms. The molecule has 5 rings (SSSR count). The lowest BCUT2D eigenvalue weighted by Crippen LogP contribution is -2.35. The van der Waals surface area contributed by atoms with E-state index in [-0.39, 0.29) is 6.10 Å². The van der Waals surface area contributed by atoms with Gasteiger partial charge in [0, 0.05) is 5.56 Å². The average Bonchev–Trinajstić information content (AvgIpc) is 3.17. The molecule has 122 valence electrons. The van der Waals surface area contributed by atoms with Crippen LogP contribution in [0.5, 0.6) is 11.5 Å². The quantitative estimate of drug-likeness (QED) is 0.677. The smallest absolute Gasteiger partial charge is 0.298 e. The highest BCUT2D eigenvalue weighted by Gasteiger charge is 2.56. The van der Waals surface area contributed by atoms with Crippen molar-refractivity contribution >= 4 is 0 Å². The topological polar surface area (TPSA) is 27.7 Å². The Morgan fingerprint density at radius 3 is 2.12 bits per heavy atom. The fourth-order valence-electron chi connectivity index (χ4n) is 3.41. The first-order chi connectivity index (χ1) is 12.4. The molecule has 3 nitrogen and oxygen atoms in total. The maximum Gasteiger partial charge on any atom is 0.298 e. The van der Waals surface area contributed by atoms with Gasteiger partial charge in [0.05, 0.1) is 0 Å². The summed E-state index contributed by atoms with van der Waals surface area (Å²) >= 11 is 0. The molecule has 0 radical (unpaired) electrons. The lowest BCUT2D eigenvalue weighted by Gasteiger charge is -2.30. The minimum Gasteiger partial charge on any atom is -0.455 e. The van der Waals surface area contributed by atoms with Crippen LogP contribution in [-0.2, 0) is 10.5 Å². The van der Waals surface area contributed by atoms with Crippen molar-refractivity contribution in [1.29, 1.82) is 0 Å². The largest absolute Gasteiger partial charge is 0.455 e. The summed E-state index contributed by atoms with van der Waals surface area (Å²) in [5.74, 6) is 1.13. The first-order valence-corrected chi connectivity index (χ1v) is 8.32. The molecule has 0 spiro atoms. The minimum atomic E-state index is -1.04. The Morgan fingerprint density at radius 1 is 0.720 bits per heavy atom. The zero-order valence-corrected chi connectivity index (χ0v) is 13.5. The summed E-state index contributed by atoms with van der Waals surface area (Å²) in [6.07, 6.45) is 1.84. The Kier molecular flexibility index (Phi) is 3.15. The van der Waals surface area contributed by atoms with Crippen molar-refractivity contribution in [2.24, 2.45) is 0 Å². The fourth-order valence-corrected chi connectivity index (χ4v) is 3.41. The van der Waals surface area contributed by atoms with E-state index in [1.807, 2.05) is 84.9 Å². The van der Waals surface area contributed by atoms with E-state index >= 15 is 0 Å². The third-order valence-corrected chi connectivity index (χ3v) is 4.52. The molecule has 2 aliphatic heterocycles. The van der Waals surface area contributed by atoms with E-state index in [1.165, 1.54) is 0 Å². The van der Waals surface area contributed by atoms with E-state index < -0.39 is 5.79 Å². The monoisotopic (exact) mass is 328 g/mol. The number of rotatable bonds is 4. The number of para-hydroxylation sites is 2. The van der Waals surface area contributed by atoms with Gasteiger partial charge in [-0.15, -0.1) is 0 Å². The van der Waals surface area contributed by atoms with Crippen molar-refractivity contribution in [3.63, 3.8) is 0 Å². The Morgan fingerprint density at radius 2 is 1.36 bits per heavy atom. The van der Waals surface area contributed by atoms with Crippen LogP contribution in [0.4, 0.5) is 0 Å². The van der Waals surface area contributed by atoms with Crippen molar-refractivity contribution in [2.75, 3.05) is 0 Å². The highest BCUT2D eigenvalue weighted by Crippen LogP contribution is 2.54. The summed E-state index contributed by atoms with van der Waals surface area (Å²) in [7, 11) is 0. The molecule has 0 amide bonds. The highest BCUT2D eigenvalue weighted by atomic mass is 16.7. The zero-order chi connectivity index (χ0) is 16.7. The van der Waals surface area contributed by atoms with Crippen molar-refractivity contribution in [3.05, 3.63) is 108 Å². The van der Waals surface area contributed by atoms with Gasteiger partial charge < -0.3 is 14.2 Å². The fraction of sp³-hybridized carbons (Fsp3) is 0.0909. The van der Waals surface area contributed by atoms with Gasteiger partial charge in [-0.2, -0.15) is 0 Å². The summed E-state index contributed by atoms with van der Waals surface area (Å²) in [5, 5.41) is 0. The van der Waals surface area contributed by atoms with Crippen LogP contribution in [0.15, 0.2) is 96.8 Å². The van der Waals surface area contributed by atoms with Crippen molar-refractivity contribution in [3.8, 4) is 11.5 Å². The van der Waals surface area contributed by atoms with Crippen LogP contribution in [0, 0.1) is 0 Å². The number of hydrogen-bond acceptors (Lipinski definition) is 3. The van der Waals surface area contributed by atoms with E-state index in [4.69, 9.17) is 14.2 Å². The Bertz CT molecular complexity index is 934. The standard InChI is InChI=1S/C22H16O3/c1-3-9-16(10-4-1)23-21-15-20-18-13-7-8-14-19(18)22(21,25-20)24-17-11-5-2-6-12-17/h1-15,20H. The zero-order valence-electron chi connectivity index (χ0n) is 13.5. The molecule has 2 heterocycles. The van der Waals surface area contributed by atoms with Gasteiger partial charge in [-0.05, 0) is 35.9 Å². The first-order valence-electron chi connectivity index (χ1n) is 8.32. The minimum absolute atomic E-state index is 0.154. The van der Waals surface area contributed by atoms with Gasteiger partial charge in [-0.25, -0.2) is 0 Å². The van der Waals surface area contributed by atoms with Crippen LogP contribution in [-0.4, -0.2) is 0 Å². The second-order valence-corrected chi connectivity index (χ2v) is 6.10. The van der Waals surface area contributed by atoms with Crippen LogP contribution >= 0.6 is 0 Å². The number of hydrogen-bond donors (Lipinski definition) is 0. The SMILES string of the molecule is C1=C(Oc2ccccc2)C2(Oc3ccccc3)OC1c1ccccc12. The van der Waals surface area contributed by atoms with Gasteiger partial charge in [-0.3, -0.25) is 0 Å². The lowest BCUT2D eigenvalue weighted by atomic mass is 9.93. The molecule has 0 aromatic heterocycles. The number of ether oxygens (including phenoxy) is 3. The molecule has 0 saturated carbocycles. The molecule has 2 bridgehead atoms. The third-order valence-electron chi connectivity index (χ3n) is 4.52. The Labute approximate surface area is 146 Å². The number of fused-ring (bicyclic) bond motifs is 5. The molecule has 2 unspecified atom stereocenters. The summed E-state index contributed by atoms with van der Waals surface area (Å²) in [6, 6.07) is 27.5. The molecule has 2 atom stereocenters. The molecular formula is C22H16O3. The van der Waals surface area contributed by atoms with Crippen LogP contribution in [0.2, 0.25) is 0 Å². The maximum absolute atomic E-state index is 6.35. The molecule has 3 aromatic rings. The third kappa shape index (κ3) is 2.24. The van der Waals surface area contributed by atoms with E-state index in [1.54, 1.807) is 0 Å². The van der Waals surface area contributed by atoms with Gasteiger partial charge in [0.1, 0.15) is 17.6 Å². The van der Waals surface area contributed by atoms with Gasteiger partial charge in [-0.1, -0.05) is 60.7 Å². The van der Waals surface area contributed by atoms with Crippen LogP contribution in [0.25, 0.3) is 0 Å². The predicted octanol–water partition coefficient (Wildman–Crippen LogP) is 4.97. The van der Waals surface area contributed by atoms with Crippen molar-refractivity contribution < 1.29 is 14.2 Å². The molecule has 0 aliphatic carbocycles. The molecular weight excluding hydrogens is 312 g/mol. The van der Waals surface area contributed by atoms with E-state index in [0.717, 1.165) is 22.6 Å². The number of benzene rings is 3. The van der Waals surface area contributed by atoms with E-state index in [2.05, 4.69) is 6.07 Å². The molecule has 0 N–H and O–H groups in total. The van der Waals surface area contributed by atoms with E-state index in [0.29, 0.717) is 5.76 Å². The highest BCUT2D eigenvalue weighted by molar-refractivity contribution is 5.49. The van der Waals surface area contributed by atoms with Gasteiger partial charge >= 0.3 is 0 Å². The molecule has 0 saturated heterocycles. The summed E-state index contributed by atoms with van der Waals surface area (Å²) < 4.78 is 18.8. The van der Waals surface area contributed by atoms with Gasteiger partial charge in [0.15, 0.2) is 5.76 Å².